The van der Waals surface area contributed by atoms with Gasteiger partial charge in [-0.15, -0.1) is 0 Å². The summed E-state index contributed by atoms with van der Waals surface area (Å²) in [6.07, 6.45) is 64.2. The lowest BCUT2D eigenvalue weighted by molar-refractivity contribution is -0.151. The molecular weight excluding hydrogens is 791 g/mol. The zero-order valence-electron chi connectivity index (χ0n) is 42.4. The van der Waals surface area contributed by atoms with Crippen molar-refractivity contribution in [1.29, 1.82) is 0 Å². The van der Waals surface area contributed by atoms with E-state index < -0.39 is 18.2 Å². The molecule has 3 atom stereocenters. The molecule has 0 aliphatic heterocycles. The fraction of sp³-hybridized carbons (Fsp3) is 0.793. The molecule has 0 saturated heterocycles. The summed E-state index contributed by atoms with van der Waals surface area (Å²) < 4.78 is 5.93. The Morgan fingerprint density at radius 2 is 0.844 bits per heavy atom. The highest BCUT2D eigenvalue weighted by Crippen LogP contribution is 2.18. The van der Waals surface area contributed by atoms with Crippen LogP contribution < -0.4 is 5.32 Å². The highest BCUT2D eigenvalue weighted by Gasteiger charge is 2.24. The molecule has 0 saturated carbocycles. The molecule has 372 valence electrons. The molecule has 6 nitrogen and oxygen atoms in total. The zero-order chi connectivity index (χ0) is 46.7. The summed E-state index contributed by atoms with van der Waals surface area (Å²) in [5.41, 5.74) is 0. The summed E-state index contributed by atoms with van der Waals surface area (Å²) in [7, 11) is 0. The van der Waals surface area contributed by atoms with Gasteiger partial charge in [-0.3, -0.25) is 9.59 Å². The molecule has 0 radical (unpaired) electrons. The van der Waals surface area contributed by atoms with E-state index in [9.17, 15) is 19.8 Å². The van der Waals surface area contributed by atoms with Crippen molar-refractivity contribution < 1.29 is 24.5 Å². The second-order valence-corrected chi connectivity index (χ2v) is 18.6. The molecule has 6 heteroatoms. The van der Waals surface area contributed by atoms with Crippen molar-refractivity contribution in [1.82, 2.24) is 5.32 Å². The number of aliphatic hydroxyl groups is 2. The SMILES string of the molecule is CC/C=C/C/C=C/C/C=C/C/C=C/CCCCCC(=O)OC(CCCCCCC/C=C\CCCCCC)CC(=O)NC(CO)C(O)CCCCCCCCCCCCCCCCCC. The average molecular weight is 896 g/mol. The molecule has 0 aromatic heterocycles. The van der Waals surface area contributed by atoms with E-state index in [-0.39, 0.29) is 24.9 Å². The number of unbranched alkanes of at least 4 members (excludes halogenated alkanes) is 27. The zero-order valence-corrected chi connectivity index (χ0v) is 42.4. The number of aliphatic hydroxyl groups excluding tert-OH is 2. The third-order valence-electron chi connectivity index (χ3n) is 12.3. The number of carbonyl (C=O) groups is 2. The molecule has 0 bridgehead atoms. The Bertz CT molecular complexity index is 1140. The van der Waals surface area contributed by atoms with Crippen molar-refractivity contribution in [2.45, 2.75) is 289 Å². The maximum Gasteiger partial charge on any atom is 0.306 e. The number of ether oxygens (including phenoxy) is 1. The number of hydrogen-bond acceptors (Lipinski definition) is 5. The van der Waals surface area contributed by atoms with E-state index in [1.54, 1.807) is 0 Å². The summed E-state index contributed by atoms with van der Waals surface area (Å²) in [6, 6.07) is -0.712. The van der Waals surface area contributed by atoms with Crippen LogP contribution in [0.5, 0.6) is 0 Å². The molecule has 1 amide bonds. The summed E-state index contributed by atoms with van der Waals surface area (Å²) >= 11 is 0. The van der Waals surface area contributed by atoms with Crippen molar-refractivity contribution in [3.63, 3.8) is 0 Å². The van der Waals surface area contributed by atoms with Crippen LogP contribution in [0.15, 0.2) is 60.8 Å². The summed E-state index contributed by atoms with van der Waals surface area (Å²) in [5, 5.41) is 23.8. The third-order valence-corrected chi connectivity index (χ3v) is 12.3. The number of allylic oxidation sites excluding steroid dienone is 10. The third kappa shape index (κ3) is 46.1. The molecule has 0 heterocycles. The minimum absolute atomic E-state index is 0.0584. The fourth-order valence-electron chi connectivity index (χ4n) is 8.18. The van der Waals surface area contributed by atoms with Crippen LogP contribution in [0.1, 0.15) is 271 Å². The summed E-state index contributed by atoms with van der Waals surface area (Å²) in [6.45, 7) is 6.36. The predicted molar refractivity (Wildman–Crippen MR) is 278 cm³/mol. The molecule has 0 aliphatic carbocycles. The van der Waals surface area contributed by atoms with Gasteiger partial charge in [0.2, 0.25) is 5.91 Å². The van der Waals surface area contributed by atoms with Crippen molar-refractivity contribution in [3.8, 4) is 0 Å². The number of amides is 1. The average Bonchev–Trinajstić information content (AvgIpc) is 3.29. The van der Waals surface area contributed by atoms with Gasteiger partial charge in [0.1, 0.15) is 6.10 Å². The van der Waals surface area contributed by atoms with Crippen LogP contribution in [0.4, 0.5) is 0 Å². The van der Waals surface area contributed by atoms with E-state index >= 15 is 0 Å². The van der Waals surface area contributed by atoms with Gasteiger partial charge in [-0.1, -0.05) is 229 Å². The highest BCUT2D eigenvalue weighted by molar-refractivity contribution is 5.77. The fourth-order valence-corrected chi connectivity index (χ4v) is 8.18. The van der Waals surface area contributed by atoms with E-state index in [0.29, 0.717) is 19.3 Å². The van der Waals surface area contributed by atoms with Crippen LogP contribution in [-0.2, 0) is 14.3 Å². The molecule has 0 aromatic rings. The Morgan fingerprint density at radius 1 is 0.469 bits per heavy atom. The summed E-state index contributed by atoms with van der Waals surface area (Å²) in [4.78, 5) is 26.2. The predicted octanol–water partition coefficient (Wildman–Crippen LogP) is 16.8. The van der Waals surface area contributed by atoms with Crippen LogP contribution in [0, 0.1) is 0 Å². The van der Waals surface area contributed by atoms with Crippen molar-refractivity contribution in [3.05, 3.63) is 60.8 Å². The van der Waals surface area contributed by atoms with Gasteiger partial charge in [0.05, 0.1) is 25.2 Å². The molecule has 0 aliphatic rings. The lowest BCUT2D eigenvalue weighted by Gasteiger charge is -2.24. The van der Waals surface area contributed by atoms with E-state index in [4.69, 9.17) is 4.74 Å². The Labute approximate surface area is 397 Å². The quantitative estimate of drug-likeness (QED) is 0.0321. The Hall–Kier alpha value is -2.44. The van der Waals surface area contributed by atoms with E-state index in [1.165, 1.54) is 128 Å². The van der Waals surface area contributed by atoms with Gasteiger partial charge in [-0.25, -0.2) is 0 Å². The second-order valence-electron chi connectivity index (χ2n) is 18.6. The minimum atomic E-state index is -0.797. The van der Waals surface area contributed by atoms with Crippen molar-refractivity contribution in [2.24, 2.45) is 0 Å². The van der Waals surface area contributed by atoms with Gasteiger partial charge >= 0.3 is 5.97 Å². The molecule has 0 spiro atoms. The number of esters is 1. The van der Waals surface area contributed by atoms with Crippen LogP contribution in [0.25, 0.3) is 0 Å². The molecule has 0 rings (SSSR count). The van der Waals surface area contributed by atoms with Crippen molar-refractivity contribution >= 4 is 11.9 Å². The van der Waals surface area contributed by atoms with Gasteiger partial charge in [0.25, 0.3) is 0 Å². The molecule has 3 unspecified atom stereocenters. The maximum atomic E-state index is 13.2. The lowest BCUT2D eigenvalue weighted by Crippen LogP contribution is -2.46. The lowest BCUT2D eigenvalue weighted by atomic mass is 10.0. The first-order valence-electron chi connectivity index (χ1n) is 27.5. The standard InChI is InChI=1S/C58H105NO5/c1-4-7-10-13-16-19-22-25-27-29-32-35-38-41-44-47-50-56(61)55(53-60)59-57(62)52-54(49-46-43-40-37-34-31-24-21-18-15-12-9-6-3)64-58(63)51-48-45-42-39-36-33-30-28-26-23-20-17-14-11-8-5-2/h8,11,17,20-21,24,26,28,33,36,54-56,60-61H,4-7,9-10,12-16,18-19,22-23,25,27,29-32,34-35,37-53H2,1-3H3,(H,59,62)/b11-8+,20-17+,24-21-,28-26+,36-33+. The topological polar surface area (TPSA) is 95.9 Å². The second kappa shape index (κ2) is 51.5. The largest absolute Gasteiger partial charge is 0.462 e. The van der Waals surface area contributed by atoms with Crippen LogP contribution in [0.2, 0.25) is 0 Å². The van der Waals surface area contributed by atoms with Gasteiger partial charge in [0.15, 0.2) is 0 Å². The first-order chi connectivity index (χ1) is 31.5. The monoisotopic (exact) mass is 896 g/mol. The number of hydrogen-bond donors (Lipinski definition) is 3. The van der Waals surface area contributed by atoms with Crippen molar-refractivity contribution in [2.75, 3.05) is 6.61 Å². The molecule has 0 aromatic carbocycles. The number of rotatable bonds is 49. The Balaban J connectivity index is 4.58. The first kappa shape index (κ1) is 61.6. The Morgan fingerprint density at radius 3 is 1.31 bits per heavy atom. The smallest absolute Gasteiger partial charge is 0.306 e. The van der Waals surface area contributed by atoms with E-state index in [1.807, 2.05) is 0 Å². The van der Waals surface area contributed by atoms with Gasteiger partial charge in [0, 0.05) is 6.42 Å². The number of nitrogens with one attached hydrogen (secondary N) is 1. The van der Waals surface area contributed by atoms with Gasteiger partial charge in [-0.05, 0) is 89.9 Å². The summed E-state index contributed by atoms with van der Waals surface area (Å²) in [5.74, 6) is -0.514. The normalized spacial score (nSPS) is 13.6. The van der Waals surface area contributed by atoms with E-state index in [2.05, 4.69) is 86.8 Å². The van der Waals surface area contributed by atoms with Crippen LogP contribution in [0.3, 0.4) is 0 Å². The van der Waals surface area contributed by atoms with E-state index in [0.717, 1.165) is 96.3 Å². The maximum absolute atomic E-state index is 13.2. The van der Waals surface area contributed by atoms with Crippen LogP contribution in [-0.4, -0.2) is 46.9 Å². The molecule has 64 heavy (non-hydrogen) atoms. The minimum Gasteiger partial charge on any atom is -0.462 e. The Kier molecular flexibility index (Phi) is 49.6. The molecule has 3 N–H and O–H groups in total. The van der Waals surface area contributed by atoms with Gasteiger partial charge < -0.3 is 20.3 Å². The highest BCUT2D eigenvalue weighted by atomic mass is 16.5. The van der Waals surface area contributed by atoms with Gasteiger partial charge in [-0.2, -0.15) is 0 Å². The molecular formula is C58H105NO5. The van der Waals surface area contributed by atoms with Crippen LogP contribution >= 0.6 is 0 Å². The molecule has 0 fully saturated rings. The first-order valence-corrected chi connectivity index (χ1v) is 27.5. The number of carbonyl (C=O) groups excluding carboxylic acids is 2.